The lowest BCUT2D eigenvalue weighted by Gasteiger charge is -2.32. The number of pyridine rings is 1. The van der Waals surface area contributed by atoms with Gasteiger partial charge in [0.25, 0.3) is 0 Å². The van der Waals surface area contributed by atoms with Gasteiger partial charge in [-0.3, -0.25) is 14.6 Å². The zero-order chi connectivity index (χ0) is 25.9. The number of piperazine rings is 1. The summed E-state index contributed by atoms with van der Waals surface area (Å²) in [6.45, 7) is 6.42. The Morgan fingerprint density at radius 2 is 1.92 bits per heavy atom. The molecule has 0 bridgehead atoms. The number of hydrogen-bond donors (Lipinski definition) is 2. The van der Waals surface area contributed by atoms with Crippen molar-refractivity contribution in [3.05, 3.63) is 76.8 Å². The number of aryl methyl sites for hydroxylation is 1. The molecule has 0 atom stereocenters. The molecule has 1 aliphatic rings. The fourth-order valence-corrected chi connectivity index (χ4v) is 4.97. The van der Waals surface area contributed by atoms with Crippen molar-refractivity contribution in [1.82, 2.24) is 34.3 Å². The topological polar surface area (TPSA) is 94.5 Å². The number of rotatable bonds is 8. The van der Waals surface area contributed by atoms with E-state index in [1.807, 2.05) is 58.7 Å². The minimum absolute atomic E-state index is 0.166. The number of likely N-dealkylation sites (N-methyl/N-ethyl adjacent to an activating group) is 1. The zero-order valence-corrected chi connectivity index (χ0v) is 21.9. The second-order valence-corrected chi connectivity index (χ2v) is 9.86. The summed E-state index contributed by atoms with van der Waals surface area (Å²) in [5.41, 5.74) is 4.86. The average molecular weight is 519 g/mol. The summed E-state index contributed by atoms with van der Waals surface area (Å²) < 4.78 is 4.12. The van der Waals surface area contributed by atoms with Gasteiger partial charge in [-0.05, 0) is 62.1 Å². The molecule has 192 valence electrons. The van der Waals surface area contributed by atoms with E-state index >= 15 is 0 Å². The Hall–Kier alpha value is -3.69. The molecule has 0 unspecified atom stereocenters. The normalized spacial score (nSPS) is 14.7. The van der Waals surface area contributed by atoms with Crippen molar-refractivity contribution in [3.8, 4) is 0 Å². The molecule has 4 aromatic rings. The molecule has 1 amide bonds. The molecule has 37 heavy (non-hydrogen) atoms. The smallest absolute Gasteiger partial charge is 0.224 e. The molecule has 3 aromatic heterocycles. The molecule has 1 saturated heterocycles. The molecular formula is C27H31ClN8O. The monoisotopic (exact) mass is 518 g/mol. The van der Waals surface area contributed by atoms with Gasteiger partial charge >= 0.3 is 0 Å². The summed E-state index contributed by atoms with van der Waals surface area (Å²) >= 11 is 6.25. The first-order chi connectivity index (χ1) is 17.9. The van der Waals surface area contributed by atoms with E-state index in [0.717, 1.165) is 59.9 Å². The maximum absolute atomic E-state index is 12.5. The van der Waals surface area contributed by atoms with Crippen molar-refractivity contribution in [2.45, 2.75) is 19.9 Å². The maximum Gasteiger partial charge on any atom is 0.224 e. The second-order valence-electron chi connectivity index (χ2n) is 9.43. The van der Waals surface area contributed by atoms with Crippen molar-refractivity contribution in [1.29, 1.82) is 5.41 Å². The van der Waals surface area contributed by atoms with Crippen LogP contribution in [0.5, 0.6) is 0 Å². The standard InChI is InChI=1S/C27H31ClN8O/c1-19-31-32-26-7-6-23-25(36(19)26)17-24(35(23)18-20-4-3-5-21(28)16-20)22(29)8-10-30-11-9-27(37)34-14-12-33(2)13-15-34/h3-8,10,16-17,29-30H,9,11-15,18H2,1-2H3/b10-8-,29-22?. The molecule has 9 nitrogen and oxygen atoms in total. The summed E-state index contributed by atoms with van der Waals surface area (Å²) in [7, 11) is 2.08. The molecule has 1 aromatic carbocycles. The number of carbonyl (C=O) groups is 1. The van der Waals surface area contributed by atoms with Gasteiger partial charge < -0.3 is 19.7 Å². The summed E-state index contributed by atoms with van der Waals surface area (Å²) in [5, 5.41) is 21.2. The summed E-state index contributed by atoms with van der Waals surface area (Å²) in [5.74, 6) is 0.958. The first kappa shape index (κ1) is 25.0. The number of benzene rings is 1. The molecule has 2 N–H and O–H groups in total. The van der Waals surface area contributed by atoms with Crippen molar-refractivity contribution in [2.24, 2.45) is 0 Å². The summed E-state index contributed by atoms with van der Waals surface area (Å²) in [6, 6.07) is 13.7. The third kappa shape index (κ3) is 5.38. The number of fused-ring (bicyclic) bond motifs is 3. The van der Waals surface area contributed by atoms with Crippen LogP contribution in [0.15, 0.2) is 54.7 Å². The van der Waals surface area contributed by atoms with E-state index in [1.54, 1.807) is 12.3 Å². The molecule has 10 heteroatoms. The van der Waals surface area contributed by atoms with Gasteiger partial charge in [0.2, 0.25) is 5.91 Å². The largest absolute Gasteiger partial charge is 0.390 e. The van der Waals surface area contributed by atoms with Crippen molar-refractivity contribution < 1.29 is 4.79 Å². The third-order valence-corrected chi connectivity index (χ3v) is 7.05. The Kier molecular flexibility index (Phi) is 7.25. The van der Waals surface area contributed by atoms with Crippen LogP contribution < -0.4 is 5.32 Å². The van der Waals surface area contributed by atoms with E-state index in [0.29, 0.717) is 30.2 Å². The van der Waals surface area contributed by atoms with E-state index < -0.39 is 0 Å². The lowest BCUT2D eigenvalue weighted by Crippen LogP contribution is -2.47. The van der Waals surface area contributed by atoms with Crippen LogP contribution >= 0.6 is 11.6 Å². The number of nitrogens with one attached hydrogen (secondary N) is 2. The van der Waals surface area contributed by atoms with Crippen molar-refractivity contribution in [2.75, 3.05) is 39.8 Å². The quantitative estimate of drug-likeness (QED) is 0.275. The van der Waals surface area contributed by atoms with Crippen LogP contribution in [0.25, 0.3) is 16.7 Å². The molecule has 4 heterocycles. The molecule has 0 saturated carbocycles. The molecule has 1 aliphatic heterocycles. The van der Waals surface area contributed by atoms with Crippen molar-refractivity contribution >= 4 is 39.9 Å². The fraction of sp³-hybridized carbons (Fsp3) is 0.333. The minimum atomic E-state index is 0.166. The molecule has 5 rings (SSSR count). The highest BCUT2D eigenvalue weighted by molar-refractivity contribution is 6.30. The lowest BCUT2D eigenvalue weighted by molar-refractivity contribution is -0.132. The molecule has 0 aliphatic carbocycles. The van der Waals surface area contributed by atoms with Gasteiger partial charge in [0.05, 0.1) is 22.4 Å². The number of halogens is 1. The first-order valence-electron chi connectivity index (χ1n) is 12.4. The molecule has 0 spiro atoms. The fourth-order valence-electron chi connectivity index (χ4n) is 4.76. The first-order valence-corrected chi connectivity index (χ1v) is 12.8. The van der Waals surface area contributed by atoms with Gasteiger partial charge in [-0.2, -0.15) is 0 Å². The number of aromatic nitrogens is 4. The molecule has 1 fully saturated rings. The van der Waals surface area contributed by atoms with Gasteiger partial charge in [-0.1, -0.05) is 23.7 Å². The van der Waals surface area contributed by atoms with Gasteiger partial charge in [0.15, 0.2) is 5.65 Å². The molecule has 0 radical (unpaired) electrons. The summed E-state index contributed by atoms with van der Waals surface area (Å²) in [6.07, 6.45) is 3.92. The Labute approximate surface area is 220 Å². The van der Waals surface area contributed by atoms with Gasteiger partial charge in [-0.25, -0.2) is 0 Å². The zero-order valence-electron chi connectivity index (χ0n) is 21.1. The van der Waals surface area contributed by atoms with E-state index in [4.69, 9.17) is 17.0 Å². The highest BCUT2D eigenvalue weighted by Crippen LogP contribution is 2.25. The van der Waals surface area contributed by atoms with Crippen LogP contribution in [-0.4, -0.2) is 80.4 Å². The number of hydrogen-bond acceptors (Lipinski definition) is 6. The van der Waals surface area contributed by atoms with Crippen LogP contribution in [0.1, 0.15) is 23.5 Å². The van der Waals surface area contributed by atoms with Crippen LogP contribution in [0.3, 0.4) is 0 Å². The Morgan fingerprint density at radius 1 is 1.11 bits per heavy atom. The Balaban J connectivity index is 1.34. The predicted molar refractivity (Wildman–Crippen MR) is 146 cm³/mol. The van der Waals surface area contributed by atoms with E-state index in [-0.39, 0.29) is 5.91 Å². The number of nitrogens with zero attached hydrogens (tertiary/aromatic N) is 6. The number of amides is 1. The average Bonchev–Trinajstić information content (AvgIpc) is 3.44. The Morgan fingerprint density at radius 3 is 2.70 bits per heavy atom. The van der Waals surface area contributed by atoms with Crippen molar-refractivity contribution in [3.63, 3.8) is 0 Å². The van der Waals surface area contributed by atoms with Gasteiger partial charge in [-0.15, -0.1) is 10.2 Å². The SMILES string of the molecule is Cc1nnc2ccc3c(cc(C(=N)/C=C\NCCC(=O)N4CCN(C)CC4)n3Cc3cccc(Cl)c3)n12. The van der Waals surface area contributed by atoms with Crippen LogP contribution in [0.2, 0.25) is 5.02 Å². The van der Waals surface area contributed by atoms with Gasteiger partial charge in [0.1, 0.15) is 5.82 Å². The van der Waals surface area contributed by atoms with E-state index in [9.17, 15) is 4.79 Å². The van der Waals surface area contributed by atoms with E-state index in [1.165, 1.54) is 0 Å². The van der Waals surface area contributed by atoms with Gasteiger partial charge in [0, 0.05) is 50.7 Å². The van der Waals surface area contributed by atoms with Crippen LogP contribution in [0.4, 0.5) is 0 Å². The number of allylic oxidation sites excluding steroid dienone is 1. The number of carbonyl (C=O) groups excluding carboxylic acids is 1. The minimum Gasteiger partial charge on any atom is -0.390 e. The second kappa shape index (κ2) is 10.7. The summed E-state index contributed by atoms with van der Waals surface area (Å²) in [4.78, 5) is 16.6. The van der Waals surface area contributed by atoms with Crippen LogP contribution in [-0.2, 0) is 11.3 Å². The highest BCUT2D eigenvalue weighted by Gasteiger charge is 2.19. The van der Waals surface area contributed by atoms with Crippen LogP contribution in [0, 0.1) is 12.3 Å². The highest BCUT2D eigenvalue weighted by atomic mass is 35.5. The predicted octanol–water partition coefficient (Wildman–Crippen LogP) is 3.33. The van der Waals surface area contributed by atoms with E-state index in [2.05, 4.69) is 32.0 Å². The Bertz CT molecular complexity index is 1480. The molecular weight excluding hydrogens is 488 g/mol. The lowest BCUT2D eigenvalue weighted by atomic mass is 10.2. The third-order valence-electron chi connectivity index (χ3n) is 6.81. The maximum atomic E-state index is 12.5.